The molecule has 0 aliphatic rings. The average molecular weight is 392 g/mol. The minimum atomic E-state index is -5.33. The van der Waals surface area contributed by atoms with Gasteiger partial charge in [-0.1, -0.05) is 23.3 Å². The Bertz CT molecular complexity index is 586. The van der Waals surface area contributed by atoms with E-state index in [0.717, 1.165) is 18.4 Å². The van der Waals surface area contributed by atoms with Gasteiger partial charge in [-0.2, -0.15) is 4.31 Å². The van der Waals surface area contributed by atoms with E-state index in [2.05, 4.69) is 14.7 Å². The van der Waals surface area contributed by atoms with Crippen molar-refractivity contribution in [1.82, 2.24) is 0 Å². The number of rotatable bonds is 10. The number of hydrogen-bond donors (Lipinski definition) is 4. The molecule has 0 aromatic heterocycles. The lowest BCUT2D eigenvalue weighted by atomic mass is 10.1. The number of phosphoric acid groups is 2. The summed E-state index contributed by atoms with van der Waals surface area (Å²) in [5, 5.41) is 0. The van der Waals surface area contributed by atoms with Gasteiger partial charge in [-0.25, -0.2) is 13.4 Å². The molecule has 0 aliphatic carbocycles. The van der Waals surface area contributed by atoms with Crippen LogP contribution in [0.1, 0.15) is 40.0 Å². The molecule has 2 atom stereocenters. The third kappa shape index (κ3) is 14.0. The lowest BCUT2D eigenvalue weighted by molar-refractivity contribution is 0.223. The summed E-state index contributed by atoms with van der Waals surface area (Å²) in [5.74, 6) is 0. The van der Waals surface area contributed by atoms with Gasteiger partial charge in [0.1, 0.15) is 0 Å². The molecule has 0 saturated heterocycles. The van der Waals surface area contributed by atoms with Crippen molar-refractivity contribution in [2.45, 2.75) is 40.0 Å². The first-order valence-electron chi connectivity index (χ1n) is 6.64. The molecular weight excluding hydrogens is 369 g/mol. The predicted molar refractivity (Wildman–Crippen MR) is 85.8 cm³/mol. The van der Waals surface area contributed by atoms with Gasteiger partial charge < -0.3 is 19.6 Å². The zero-order chi connectivity index (χ0) is 18.3. The molecule has 23 heavy (non-hydrogen) atoms. The zero-order valence-electron chi connectivity index (χ0n) is 13.2. The van der Waals surface area contributed by atoms with Crippen LogP contribution in [0, 0.1) is 0 Å². The van der Waals surface area contributed by atoms with Gasteiger partial charge in [0.15, 0.2) is 0 Å². The molecule has 0 aromatic carbocycles. The molecule has 0 spiro atoms. The zero-order valence-corrected chi connectivity index (χ0v) is 15.8. The van der Waals surface area contributed by atoms with Crippen molar-refractivity contribution in [2.24, 2.45) is 0 Å². The fourth-order valence-corrected chi connectivity index (χ4v) is 5.05. The Labute approximate surface area is 135 Å². The molecule has 0 saturated carbocycles. The van der Waals surface area contributed by atoms with Crippen LogP contribution in [-0.4, -0.2) is 25.7 Å². The Kier molecular flexibility index (Phi) is 9.39. The van der Waals surface area contributed by atoms with Crippen LogP contribution in [0.2, 0.25) is 0 Å². The van der Waals surface area contributed by atoms with Crippen LogP contribution in [0.25, 0.3) is 0 Å². The third-order valence-corrected chi connectivity index (χ3v) is 6.78. The maximum absolute atomic E-state index is 11.6. The van der Waals surface area contributed by atoms with E-state index in [1.807, 2.05) is 20.8 Å². The molecule has 4 N–H and O–H groups in total. The second kappa shape index (κ2) is 9.42. The van der Waals surface area contributed by atoms with Crippen molar-refractivity contribution in [3.63, 3.8) is 0 Å². The van der Waals surface area contributed by atoms with Crippen molar-refractivity contribution in [2.75, 3.05) is 6.16 Å². The fraction of sp³-hybridized carbons (Fsp3) is 0.636. The molecule has 0 aliphatic heterocycles. The summed E-state index contributed by atoms with van der Waals surface area (Å²) < 4.78 is 40.7. The van der Waals surface area contributed by atoms with E-state index in [1.165, 1.54) is 5.57 Å². The highest BCUT2D eigenvalue weighted by molar-refractivity contribution is 7.68. The van der Waals surface area contributed by atoms with Crippen LogP contribution in [0.15, 0.2) is 23.3 Å². The van der Waals surface area contributed by atoms with Crippen molar-refractivity contribution < 1.29 is 41.9 Å². The molecule has 0 fully saturated rings. The Hall–Kier alpha value is -0.0700. The first-order chi connectivity index (χ1) is 10.2. The normalized spacial score (nSPS) is 18.1. The first kappa shape index (κ1) is 22.9. The Balaban J connectivity index is 4.48. The average Bonchev–Trinajstić information content (AvgIpc) is 2.22. The van der Waals surface area contributed by atoms with E-state index in [1.54, 1.807) is 6.08 Å². The van der Waals surface area contributed by atoms with Crippen molar-refractivity contribution in [1.29, 1.82) is 0 Å². The standard InChI is InChI=1S/C11H23O9P3/c1-10(2)6-4-7-11(3)8-5-9-21(12,13)19-23(17,18)20-22(14,15)16/h6,8H,4-5,7,9H2,1-3H3,(H,12,13)(H,17,18)(H2,14,15,16). The smallest absolute Gasteiger partial charge is 0.324 e. The molecule has 0 aromatic rings. The molecule has 0 amide bonds. The Morgan fingerprint density at radius 2 is 1.48 bits per heavy atom. The highest BCUT2D eigenvalue weighted by Crippen LogP contribution is 2.66. The summed E-state index contributed by atoms with van der Waals surface area (Å²) in [6, 6.07) is 0. The Morgan fingerprint density at radius 3 is 1.96 bits per heavy atom. The largest absolute Gasteiger partial charge is 0.488 e. The van der Waals surface area contributed by atoms with Crippen LogP contribution in [0.5, 0.6) is 0 Å². The van der Waals surface area contributed by atoms with Gasteiger partial charge >= 0.3 is 23.2 Å². The second-order valence-corrected chi connectivity index (χ2v) is 10.1. The van der Waals surface area contributed by atoms with Crippen molar-refractivity contribution in [3.05, 3.63) is 23.3 Å². The lowest BCUT2D eigenvalue weighted by Crippen LogP contribution is -1.96. The predicted octanol–water partition coefficient (Wildman–Crippen LogP) is 3.48. The topological polar surface area (TPSA) is 151 Å². The summed E-state index contributed by atoms with van der Waals surface area (Å²) in [6.07, 6.45) is 4.96. The van der Waals surface area contributed by atoms with Gasteiger partial charge in [0.25, 0.3) is 0 Å². The van der Waals surface area contributed by atoms with Crippen LogP contribution in [0.3, 0.4) is 0 Å². The van der Waals surface area contributed by atoms with E-state index in [4.69, 9.17) is 14.7 Å². The quantitative estimate of drug-likeness (QED) is 0.323. The molecule has 0 radical (unpaired) electrons. The summed E-state index contributed by atoms with van der Waals surface area (Å²) >= 11 is 0. The van der Waals surface area contributed by atoms with Gasteiger partial charge in [-0.15, -0.1) is 0 Å². The molecule has 9 nitrogen and oxygen atoms in total. The molecule has 12 heteroatoms. The summed E-state index contributed by atoms with van der Waals surface area (Å²) in [5.41, 5.74) is 2.16. The van der Waals surface area contributed by atoms with Crippen molar-refractivity contribution >= 4 is 23.2 Å². The highest BCUT2D eigenvalue weighted by Gasteiger charge is 2.38. The maximum atomic E-state index is 11.6. The van der Waals surface area contributed by atoms with Gasteiger partial charge in [0, 0.05) is 0 Å². The van der Waals surface area contributed by atoms with E-state index < -0.39 is 29.4 Å². The van der Waals surface area contributed by atoms with Crippen LogP contribution >= 0.6 is 23.2 Å². The molecule has 0 rings (SSSR count). The SMILES string of the molecule is CC(C)=CCCC(C)=CCCP(=O)(O)OP(=O)(O)OP(=O)(O)O. The molecule has 0 heterocycles. The minimum Gasteiger partial charge on any atom is -0.324 e. The first-order valence-corrected chi connectivity index (χ1v) is 11.4. The van der Waals surface area contributed by atoms with Gasteiger partial charge in [0.05, 0.1) is 6.16 Å². The van der Waals surface area contributed by atoms with E-state index in [9.17, 15) is 18.6 Å². The van der Waals surface area contributed by atoms with Gasteiger partial charge in [0.2, 0.25) is 0 Å². The van der Waals surface area contributed by atoms with E-state index in [0.29, 0.717) is 0 Å². The maximum Gasteiger partial charge on any atom is 0.488 e. The molecule has 0 bridgehead atoms. The number of hydrogen-bond acceptors (Lipinski definition) is 5. The van der Waals surface area contributed by atoms with Crippen LogP contribution in [0.4, 0.5) is 0 Å². The van der Waals surface area contributed by atoms with Crippen LogP contribution < -0.4 is 0 Å². The summed E-state index contributed by atoms with van der Waals surface area (Å²) in [4.78, 5) is 35.3. The monoisotopic (exact) mass is 392 g/mol. The molecular formula is C11H23O9P3. The lowest BCUT2D eigenvalue weighted by Gasteiger charge is -2.16. The molecule has 2 unspecified atom stereocenters. The summed E-state index contributed by atoms with van der Waals surface area (Å²) in [6.45, 7) is 5.80. The van der Waals surface area contributed by atoms with Crippen LogP contribution in [-0.2, 0) is 22.3 Å². The number of allylic oxidation sites excluding steroid dienone is 4. The fourth-order valence-electron chi connectivity index (χ4n) is 1.52. The highest BCUT2D eigenvalue weighted by atomic mass is 31.3. The minimum absolute atomic E-state index is 0.102. The Morgan fingerprint density at radius 1 is 0.913 bits per heavy atom. The van der Waals surface area contributed by atoms with E-state index >= 15 is 0 Å². The molecule has 136 valence electrons. The van der Waals surface area contributed by atoms with Gasteiger partial charge in [-0.3, -0.25) is 4.57 Å². The second-order valence-electron chi connectivity index (χ2n) is 5.14. The third-order valence-electron chi connectivity index (χ3n) is 2.44. The van der Waals surface area contributed by atoms with E-state index in [-0.39, 0.29) is 6.42 Å². The van der Waals surface area contributed by atoms with Gasteiger partial charge in [-0.05, 0) is 40.0 Å². The summed E-state index contributed by atoms with van der Waals surface area (Å²) in [7, 11) is -15.2. The van der Waals surface area contributed by atoms with Crippen molar-refractivity contribution in [3.8, 4) is 0 Å².